The van der Waals surface area contributed by atoms with Gasteiger partial charge in [-0.1, -0.05) is 39.0 Å². The smallest absolute Gasteiger partial charge is 0.197 e. The number of nitrogens with zero attached hydrogens (tertiary/aromatic N) is 2. The summed E-state index contributed by atoms with van der Waals surface area (Å²) in [6, 6.07) is 11.6. The van der Waals surface area contributed by atoms with Crippen LogP contribution >= 0.6 is 0 Å². The zero-order valence-corrected chi connectivity index (χ0v) is 11.8. The first-order valence-electron chi connectivity index (χ1n) is 6.57. The molecule has 0 bridgehead atoms. The van der Waals surface area contributed by atoms with Crippen LogP contribution in [-0.2, 0) is 5.41 Å². The molecule has 0 atom stereocenters. The van der Waals surface area contributed by atoms with Crippen molar-refractivity contribution in [3.63, 3.8) is 0 Å². The van der Waals surface area contributed by atoms with Crippen LogP contribution in [0.15, 0.2) is 40.8 Å². The first-order valence-corrected chi connectivity index (χ1v) is 6.57. The minimum Gasteiger partial charge on any atom is -0.453 e. The number of nitrogen functional groups attached to an aromatic ring is 1. The van der Waals surface area contributed by atoms with E-state index in [1.807, 2.05) is 36.4 Å². The van der Waals surface area contributed by atoms with Gasteiger partial charge in [0.05, 0.1) is 5.69 Å². The highest BCUT2D eigenvalue weighted by Gasteiger charge is 2.19. The average molecular weight is 267 g/mol. The van der Waals surface area contributed by atoms with Crippen LogP contribution in [-0.4, -0.2) is 9.97 Å². The molecule has 4 nitrogen and oxygen atoms in total. The summed E-state index contributed by atoms with van der Waals surface area (Å²) in [7, 11) is 0. The molecule has 0 saturated heterocycles. The van der Waals surface area contributed by atoms with Gasteiger partial charge in [-0.2, -0.15) is 0 Å². The number of fused-ring (bicyclic) bond motifs is 1. The molecule has 0 radical (unpaired) electrons. The van der Waals surface area contributed by atoms with E-state index in [-0.39, 0.29) is 5.41 Å². The van der Waals surface area contributed by atoms with Gasteiger partial charge in [0.15, 0.2) is 11.6 Å². The number of furan rings is 1. The van der Waals surface area contributed by atoms with Crippen LogP contribution in [0.5, 0.6) is 0 Å². The van der Waals surface area contributed by atoms with Gasteiger partial charge in [0.25, 0.3) is 0 Å². The summed E-state index contributed by atoms with van der Waals surface area (Å²) in [6.45, 7) is 6.28. The fourth-order valence-corrected chi connectivity index (χ4v) is 2.05. The Morgan fingerprint density at radius 2 is 1.80 bits per heavy atom. The van der Waals surface area contributed by atoms with Gasteiger partial charge in [-0.15, -0.1) is 0 Å². The van der Waals surface area contributed by atoms with Gasteiger partial charge >= 0.3 is 0 Å². The molecule has 0 saturated carbocycles. The maximum Gasteiger partial charge on any atom is 0.197 e. The summed E-state index contributed by atoms with van der Waals surface area (Å²) >= 11 is 0. The lowest BCUT2D eigenvalue weighted by Gasteiger charge is -2.18. The van der Waals surface area contributed by atoms with Gasteiger partial charge in [0.1, 0.15) is 11.4 Å². The van der Waals surface area contributed by atoms with Crippen molar-refractivity contribution in [3.8, 4) is 11.6 Å². The Hall–Kier alpha value is -2.36. The second kappa shape index (κ2) is 4.34. The average Bonchev–Trinajstić information content (AvgIpc) is 2.80. The summed E-state index contributed by atoms with van der Waals surface area (Å²) in [6.07, 6.45) is 0. The molecule has 102 valence electrons. The van der Waals surface area contributed by atoms with Crippen LogP contribution in [0.2, 0.25) is 0 Å². The molecule has 2 aromatic heterocycles. The number of nitrogens with two attached hydrogens (primary N) is 1. The first kappa shape index (κ1) is 12.7. The molecule has 0 aliphatic carbocycles. The molecule has 4 heteroatoms. The van der Waals surface area contributed by atoms with Crippen molar-refractivity contribution in [1.29, 1.82) is 0 Å². The van der Waals surface area contributed by atoms with E-state index in [0.29, 0.717) is 17.4 Å². The minimum atomic E-state index is -0.0855. The molecule has 0 amide bonds. The fourth-order valence-electron chi connectivity index (χ4n) is 2.05. The maximum atomic E-state index is 5.89. The molecule has 0 unspecified atom stereocenters. The molecule has 0 spiro atoms. The van der Waals surface area contributed by atoms with E-state index in [9.17, 15) is 0 Å². The highest BCUT2D eigenvalue weighted by Crippen LogP contribution is 2.28. The molecular formula is C16H17N3O. The van der Waals surface area contributed by atoms with Crippen LogP contribution in [0.3, 0.4) is 0 Å². The fraction of sp³-hybridized carbons (Fsp3) is 0.250. The van der Waals surface area contributed by atoms with E-state index >= 15 is 0 Å². The number of benzene rings is 1. The quantitative estimate of drug-likeness (QED) is 0.729. The van der Waals surface area contributed by atoms with Crippen LogP contribution in [0.4, 0.5) is 5.82 Å². The number of anilines is 1. The number of rotatable bonds is 1. The largest absolute Gasteiger partial charge is 0.453 e. The van der Waals surface area contributed by atoms with Gasteiger partial charge in [0.2, 0.25) is 0 Å². The summed E-state index contributed by atoms with van der Waals surface area (Å²) in [5, 5.41) is 1.03. The standard InChI is InChI=1S/C16H17N3O/c1-16(2,3)13-9-14(17)19-15(18-13)12-8-10-6-4-5-7-11(10)20-12/h4-9H,1-3H3,(H2,17,18,19). The third-order valence-electron chi connectivity index (χ3n) is 3.16. The number of hydrogen-bond donors (Lipinski definition) is 1. The van der Waals surface area contributed by atoms with Gasteiger partial charge in [-0.05, 0) is 12.1 Å². The Kier molecular flexibility index (Phi) is 2.74. The lowest BCUT2D eigenvalue weighted by atomic mass is 9.92. The van der Waals surface area contributed by atoms with Crippen molar-refractivity contribution in [2.24, 2.45) is 0 Å². The van der Waals surface area contributed by atoms with E-state index < -0.39 is 0 Å². The Labute approximate surface area is 117 Å². The third-order valence-corrected chi connectivity index (χ3v) is 3.16. The first-order chi connectivity index (χ1) is 9.43. The van der Waals surface area contributed by atoms with Crippen molar-refractivity contribution in [3.05, 3.63) is 42.1 Å². The van der Waals surface area contributed by atoms with Gasteiger partial charge in [0, 0.05) is 16.9 Å². The zero-order chi connectivity index (χ0) is 14.3. The van der Waals surface area contributed by atoms with E-state index in [1.165, 1.54) is 0 Å². The number of aromatic nitrogens is 2. The van der Waals surface area contributed by atoms with E-state index in [2.05, 4.69) is 30.7 Å². The lowest BCUT2D eigenvalue weighted by Crippen LogP contribution is -2.15. The van der Waals surface area contributed by atoms with Gasteiger partial charge in [-0.25, -0.2) is 9.97 Å². The minimum absolute atomic E-state index is 0.0855. The molecule has 0 fully saturated rings. The number of para-hydroxylation sites is 1. The molecule has 1 aromatic carbocycles. The zero-order valence-electron chi connectivity index (χ0n) is 11.8. The normalized spacial score (nSPS) is 11.9. The molecule has 20 heavy (non-hydrogen) atoms. The molecule has 2 N–H and O–H groups in total. The van der Waals surface area contributed by atoms with Gasteiger partial charge in [-0.3, -0.25) is 0 Å². The van der Waals surface area contributed by atoms with Crippen LogP contribution in [0.1, 0.15) is 26.5 Å². The Bertz CT molecular complexity index is 736. The van der Waals surface area contributed by atoms with Gasteiger partial charge < -0.3 is 10.2 Å². The summed E-state index contributed by atoms with van der Waals surface area (Å²) in [4.78, 5) is 8.87. The highest BCUT2D eigenvalue weighted by atomic mass is 16.3. The predicted octanol–water partition coefficient (Wildman–Crippen LogP) is 3.77. The molecule has 3 rings (SSSR count). The summed E-state index contributed by atoms with van der Waals surface area (Å²) in [5.74, 6) is 1.63. The molecule has 2 heterocycles. The predicted molar refractivity (Wildman–Crippen MR) is 80.4 cm³/mol. The SMILES string of the molecule is CC(C)(C)c1cc(N)nc(-c2cc3ccccc3o2)n1. The van der Waals surface area contributed by atoms with Crippen molar-refractivity contribution >= 4 is 16.8 Å². The van der Waals surface area contributed by atoms with E-state index in [4.69, 9.17) is 10.2 Å². The van der Waals surface area contributed by atoms with Crippen LogP contribution < -0.4 is 5.73 Å². The second-order valence-electron chi connectivity index (χ2n) is 5.90. The Balaban J connectivity index is 2.16. The second-order valence-corrected chi connectivity index (χ2v) is 5.90. The molecule has 0 aliphatic rings. The summed E-state index contributed by atoms with van der Waals surface area (Å²) < 4.78 is 5.80. The van der Waals surface area contributed by atoms with E-state index in [1.54, 1.807) is 0 Å². The van der Waals surface area contributed by atoms with Crippen molar-refractivity contribution in [1.82, 2.24) is 9.97 Å². The topological polar surface area (TPSA) is 64.9 Å². The van der Waals surface area contributed by atoms with Crippen LogP contribution in [0.25, 0.3) is 22.6 Å². The Morgan fingerprint density at radius 1 is 1.05 bits per heavy atom. The van der Waals surface area contributed by atoms with E-state index in [0.717, 1.165) is 16.7 Å². The van der Waals surface area contributed by atoms with Crippen molar-refractivity contribution in [2.75, 3.05) is 5.73 Å². The molecule has 3 aromatic rings. The van der Waals surface area contributed by atoms with Crippen LogP contribution in [0, 0.1) is 0 Å². The van der Waals surface area contributed by atoms with Crippen molar-refractivity contribution in [2.45, 2.75) is 26.2 Å². The third kappa shape index (κ3) is 2.25. The van der Waals surface area contributed by atoms with Crippen molar-refractivity contribution < 1.29 is 4.42 Å². The molecular weight excluding hydrogens is 250 g/mol. The Morgan fingerprint density at radius 3 is 2.50 bits per heavy atom. The number of hydrogen-bond acceptors (Lipinski definition) is 4. The molecule has 0 aliphatic heterocycles. The lowest BCUT2D eigenvalue weighted by molar-refractivity contribution is 0.564. The summed E-state index contributed by atoms with van der Waals surface area (Å²) in [5.41, 5.74) is 7.54. The highest BCUT2D eigenvalue weighted by molar-refractivity contribution is 5.81. The maximum absolute atomic E-state index is 5.89. The monoisotopic (exact) mass is 267 g/mol.